The van der Waals surface area contributed by atoms with E-state index >= 15 is 0 Å². The van der Waals surface area contributed by atoms with E-state index in [1.165, 1.54) is 35.3 Å². The maximum absolute atomic E-state index is 13.0. The summed E-state index contributed by atoms with van der Waals surface area (Å²) in [6, 6.07) is 9.06. The topological polar surface area (TPSA) is 113 Å². The molecule has 182 valence electrons. The van der Waals surface area contributed by atoms with Gasteiger partial charge in [-0.05, 0) is 25.1 Å². The average molecular weight is 522 g/mol. The van der Waals surface area contributed by atoms with Crippen LogP contribution in [0, 0.1) is 6.92 Å². The van der Waals surface area contributed by atoms with Crippen molar-refractivity contribution in [2.24, 2.45) is 4.99 Å². The molecule has 3 aromatic heterocycles. The van der Waals surface area contributed by atoms with Crippen molar-refractivity contribution in [2.45, 2.75) is 29.8 Å². The van der Waals surface area contributed by atoms with E-state index in [9.17, 15) is 26.1 Å². The molecule has 0 bridgehead atoms. The van der Waals surface area contributed by atoms with Gasteiger partial charge in [0.25, 0.3) is 0 Å². The molecule has 4 aromatic rings. The molecule has 0 saturated heterocycles. The van der Waals surface area contributed by atoms with E-state index in [0.29, 0.717) is 4.90 Å². The van der Waals surface area contributed by atoms with Gasteiger partial charge in [0.2, 0.25) is 5.55 Å². The SMILES string of the molecule is CCS(=O)(=O)c1cc(/N=C/[S+]([O-])c2ccc(C)cc2)cnc1-c1cn2cnc(C(F)(F)F)cc2n1. The average Bonchev–Trinajstić information content (AvgIpc) is 3.25. The Hall–Kier alpha value is -3.29. The summed E-state index contributed by atoms with van der Waals surface area (Å²) < 4.78 is 78.3. The smallest absolute Gasteiger partial charge is 0.433 e. The van der Waals surface area contributed by atoms with E-state index in [2.05, 4.69) is 19.9 Å². The van der Waals surface area contributed by atoms with Crippen LogP contribution in [0.4, 0.5) is 18.9 Å². The van der Waals surface area contributed by atoms with Crippen LogP contribution in [0.3, 0.4) is 0 Å². The van der Waals surface area contributed by atoms with Crippen LogP contribution in [-0.2, 0) is 27.2 Å². The van der Waals surface area contributed by atoms with E-state index < -0.39 is 32.9 Å². The molecule has 1 aromatic carbocycles. The van der Waals surface area contributed by atoms with Gasteiger partial charge < -0.3 is 4.55 Å². The van der Waals surface area contributed by atoms with Crippen LogP contribution in [-0.4, -0.2) is 43.6 Å². The summed E-state index contributed by atoms with van der Waals surface area (Å²) >= 11 is -1.57. The molecule has 0 aliphatic carbocycles. The number of pyridine rings is 1. The molecule has 0 amide bonds. The highest BCUT2D eigenvalue weighted by Gasteiger charge is 2.33. The van der Waals surface area contributed by atoms with E-state index in [1.54, 1.807) is 12.1 Å². The van der Waals surface area contributed by atoms with E-state index in [0.717, 1.165) is 18.0 Å². The Balaban J connectivity index is 1.73. The third-order valence-electron chi connectivity index (χ3n) is 4.99. The minimum Gasteiger partial charge on any atom is -0.606 e. The first-order chi connectivity index (χ1) is 16.5. The molecule has 35 heavy (non-hydrogen) atoms. The zero-order chi connectivity index (χ0) is 25.4. The lowest BCUT2D eigenvalue weighted by Gasteiger charge is -2.08. The highest BCUT2D eigenvalue weighted by Crippen LogP contribution is 2.31. The number of hydrogen-bond acceptors (Lipinski definition) is 7. The quantitative estimate of drug-likeness (QED) is 0.211. The second-order valence-electron chi connectivity index (χ2n) is 7.45. The number of fused-ring (bicyclic) bond motifs is 1. The van der Waals surface area contributed by atoms with Crippen molar-refractivity contribution in [3.63, 3.8) is 0 Å². The van der Waals surface area contributed by atoms with Crippen LogP contribution in [0.1, 0.15) is 18.2 Å². The van der Waals surface area contributed by atoms with Crippen LogP contribution in [0.15, 0.2) is 69.9 Å². The molecular weight excluding hydrogens is 503 g/mol. The van der Waals surface area contributed by atoms with Crippen molar-refractivity contribution in [3.05, 3.63) is 66.4 Å². The lowest BCUT2D eigenvalue weighted by atomic mass is 10.2. The molecule has 0 N–H and O–H groups in total. The van der Waals surface area contributed by atoms with Crippen LogP contribution in [0.25, 0.3) is 17.0 Å². The number of aromatic nitrogens is 4. The Morgan fingerprint density at radius 2 is 1.89 bits per heavy atom. The number of halogens is 3. The molecule has 0 spiro atoms. The fourth-order valence-electron chi connectivity index (χ4n) is 3.09. The predicted octanol–water partition coefficient (Wildman–Crippen LogP) is 4.38. The van der Waals surface area contributed by atoms with Gasteiger partial charge in [-0.2, -0.15) is 13.2 Å². The number of rotatable bonds is 6. The second-order valence-corrected chi connectivity index (χ2v) is 11.0. The van der Waals surface area contributed by atoms with Gasteiger partial charge in [-0.3, -0.25) is 9.38 Å². The summed E-state index contributed by atoms with van der Waals surface area (Å²) in [6.45, 7) is 3.35. The molecule has 0 aliphatic heterocycles. The predicted molar refractivity (Wildman–Crippen MR) is 125 cm³/mol. The van der Waals surface area contributed by atoms with Gasteiger partial charge in [-0.15, -0.1) is 0 Å². The van der Waals surface area contributed by atoms with Gasteiger partial charge in [-0.1, -0.05) is 24.6 Å². The van der Waals surface area contributed by atoms with Gasteiger partial charge in [0.15, 0.2) is 14.7 Å². The molecule has 1 atom stereocenters. The van der Waals surface area contributed by atoms with Gasteiger partial charge in [-0.25, -0.2) is 23.4 Å². The van der Waals surface area contributed by atoms with Crippen molar-refractivity contribution >= 4 is 37.9 Å². The van der Waals surface area contributed by atoms with Crippen molar-refractivity contribution < 1.29 is 26.1 Å². The molecule has 0 radical (unpaired) electrons. The highest BCUT2D eigenvalue weighted by atomic mass is 32.2. The van der Waals surface area contributed by atoms with Crippen LogP contribution < -0.4 is 0 Å². The summed E-state index contributed by atoms with van der Waals surface area (Å²) in [5, 5.41) is 0. The van der Waals surface area contributed by atoms with E-state index in [-0.39, 0.29) is 33.4 Å². The normalized spacial score (nSPS) is 13.5. The number of nitrogens with zero attached hydrogens (tertiary/aromatic N) is 5. The molecule has 1 unspecified atom stereocenters. The molecule has 4 rings (SSSR count). The van der Waals surface area contributed by atoms with E-state index in [4.69, 9.17) is 0 Å². The Labute approximate surface area is 201 Å². The van der Waals surface area contributed by atoms with Crippen molar-refractivity contribution in [1.82, 2.24) is 19.4 Å². The van der Waals surface area contributed by atoms with Crippen LogP contribution in [0.5, 0.6) is 0 Å². The maximum Gasteiger partial charge on any atom is 0.433 e. The summed E-state index contributed by atoms with van der Waals surface area (Å²) in [5.41, 5.74) is 1.15. The molecular formula is C22H18F3N5O3S2. The monoisotopic (exact) mass is 521 g/mol. The molecule has 13 heteroatoms. The maximum atomic E-state index is 13.0. The zero-order valence-corrected chi connectivity index (χ0v) is 20.0. The Bertz CT molecular complexity index is 1520. The van der Waals surface area contributed by atoms with Gasteiger partial charge >= 0.3 is 6.18 Å². The molecule has 0 saturated carbocycles. The van der Waals surface area contributed by atoms with Gasteiger partial charge in [0, 0.05) is 23.4 Å². The summed E-state index contributed by atoms with van der Waals surface area (Å²) in [7, 11) is -3.82. The van der Waals surface area contributed by atoms with Gasteiger partial charge in [0.05, 0.1) is 22.5 Å². The Morgan fingerprint density at radius 3 is 2.54 bits per heavy atom. The lowest BCUT2D eigenvalue weighted by Crippen LogP contribution is -2.08. The summed E-state index contributed by atoms with van der Waals surface area (Å²) in [5.74, 6) is -0.253. The Kier molecular flexibility index (Phi) is 6.66. The van der Waals surface area contributed by atoms with Gasteiger partial charge in [0.1, 0.15) is 29.1 Å². The first-order valence-corrected chi connectivity index (χ1v) is 13.0. The first-order valence-electron chi connectivity index (χ1n) is 10.1. The number of sulfone groups is 1. The second kappa shape index (κ2) is 9.40. The largest absolute Gasteiger partial charge is 0.606 e. The number of imidazole rings is 1. The number of aryl methyl sites for hydroxylation is 1. The number of alkyl halides is 3. The molecule has 0 aliphatic rings. The minimum atomic E-state index is -4.65. The molecule has 0 fully saturated rings. The molecule has 8 nitrogen and oxygen atoms in total. The van der Waals surface area contributed by atoms with E-state index in [1.807, 2.05) is 19.1 Å². The van der Waals surface area contributed by atoms with Crippen molar-refractivity contribution in [3.8, 4) is 11.4 Å². The number of aliphatic imine (C=N–C) groups is 1. The third-order valence-corrected chi connectivity index (χ3v) is 7.76. The zero-order valence-electron chi connectivity index (χ0n) is 18.4. The highest BCUT2D eigenvalue weighted by molar-refractivity contribution is 8.04. The van der Waals surface area contributed by atoms with Crippen molar-refractivity contribution in [1.29, 1.82) is 0 Å². The fraction of sp³-hybridized carbons (Fsp3) is 0.182. The first kappa shape index (κ1) is 24.8. The standard InChI is InChI=1S/C22H18F3N5O3S2/c1-3-35(32,33)18-8-15(28-13-34(31)16-6-4-14(2)5-7-16)10-26-21(18)17-11-30-12-27-19(22(23,24)25)9-20(30)29-17/h4-13H,3H2,1-2H3/b28-13+. The summed E-state index contributed by atoms with van der Waals surface area (Å²) in [6.07, 6.45) is -1.09. The molecule has 3 heterocycles. The lowest BCUT2D eigenvalue weighted by molar-refractivity contribution is -0.141. The number of hydrogen-bond donors (Lipinski definition) is 0. The minimum absolute atomic E-state index is 0.0392. The number of benzene rings is 1. The third kappa shape index (κ3) is 5.36. The Morgan fingerprint density at radius 1 is 1.17 bits per heavy atom. The van der Waals surface area contributed by atoms with Crippen LogP contribution in [0.2, 0.25) is 0 Å². The van der Waals surface area contributed by atoms with Crippen LogP contribution >= 0.6 is 0 Å². The summed E-state index contributed by atoms with van der Waals surface area (Å²) in [4.78, 5) is 16.1. The van der Waals surface area contributed by atoms with Crippen molar-refractivity contribution in [2.75, 3.05) is 5.75 Å². The fourth-order valence-corrected chi connectivity index (χ4v) is 4.90.